The SMILES string of the molecule is CCN(C(=O)[C@@H](C)Nc1ccc(OC)nc1)[C@@H]1CCS(=O)(=O)C1. The average Bonchev–Trinajstić information content (AvgIpc) is 2.88. The number of sulfone groups is 1. The van der Waals surface area contributed by atoms with E-state index in [2.05, 4.69) is 10.3 Å². The van der Waals surface area contributed by atoms with Crippen molar-refractivity contribution >= 4 is 21.4 Å². The molecule has 8 heteroatoms. The number of hydrogen-bond acceptors (Lipinski definition) is 6. The van der Waals surface area contributed by atoms with Gasteiger partial charge in [0, 0.05) is 18.7 Å². The zero-order valence-electron chi connectivity index (χ0n) is 13.7. The number of pyridine rings is 1. The standard InChI is InChI=1S/C15H23N3O4S/c1-4-18(13-7-8-23(20,21)10-13)15(19)11(2)17-12-5-6-14(22-3)16-9-12/h5-6,9,11,13,17H,4,7-8,10H2,1-3H3/t11-,13-/m1/s1. The Morgan fingerprint density at radius 1 is 1.52 bits per heavy atom. The lowest BCUT2D eigenvalue weighted by Crippen LogP contribution is -2.47. The summed E-state index contributed by atoms with van der Waals surface area (Å²) in [7, 11) is -1.48. The van der Waals surface area contributed by atoms with E-state index in [1.54, 1.807) is 30.2 Å². The lowest BCUT2D eigenvalue weighted by molar-refractivity contribution is -0.133. The van der Waals surface area contributed by atoms with Crippen LogP contribution in [0.3, 0.4) is 0 Å². The molecule has 2 rings (SSSR count). The normalized spacial score (nSPS) is 20.7. The summed E-state index contributed by atoms with van der Waals surface area (Å²) in [6.07, 6.45) is 2.11. The molecule has 0 aliphatic carbocycles. The molecule has 0 spiro atoms. The molecule has 0 bridgehead atoms. The summed E-state index contributed by atoms with van der Waals surface area (Å²) >= 11 is 0. The lowest BCUT2D eigenvalue weighted by Gasteiger charge is -2.30. The highest BCUT2D eigenvalue weighted by Crippen LogP contribution is 2.19. The van der Waals surface area contributed by atoms with Crippen LogP contribution in [0.25, 0.3) is 0 Å². The number of aromatic nitrogens is 1. The highest BCUT2D eigenvalue weighted by atomic mass is 32.2. The number of ether oxygens (including phenoxy) is 1. The molecule has 1 aromatic rings. The Hall–Kier alpha value is -1.83. The van der Waals surface area contributed by atoms with Crippen molar-refractivity contribution in [2.24, 2.45) is 0 Å². The Bertz CT molecular complexity index is 645. The van der Waals surface area contributed by atoms with Gasteiger partial charge in [0.05, 0.1) is 30.5 Å². The van der Waals surface area contributed by atoms with Gasteiger partial charge in [-0.15, -0.1) is 0 Å². The van der Waals surface area contributed by atoms with Crippen LogP contribution < -0.4 is 10.1 Å². The van der Waals surface area contributed by atoms with Crippen LogP contribution in [-0.2, 0) is 14.6 Å². The van der Waals surface area contributed by atoms with E-state index in [9.17, 15) is 13.2 Å². The van der Waals surface area contributed by atoms with E-state index >= 15 is 0 Å². The maximum absolute atomic E-state index is 12.6. The summed E-state index contributed by atoms with van der Waals surface area (Å²) in [6, 6.07) is 2.80. The van der Waals surface area contributed by atoms with Gasteiger partial charge in [-0.1, -0.05) is 0 Å². The minimum atomic E-state index is -3.01. The van der Waals surface area contributed by atoms with Gasteiger partial charge in [0.15, 0.2) is 9.84 Å². The van der Waals surface area contributed by atoms with Crippen LogP contribution in [0.4, 0.5) is 5.69 Å². The average molecular weight is 341 g/mol. The van der Waals surface area contributed by atoms with E-state index in [4.69, 9.17) is 4.74 Å². The number of rotatable bonds is 6. The zero-order chi connectivity index (χ0) is 17.0. The first-order valence-electron chi connectivity index (χ1n) is 7.63. The molecule has 1 saturated heterocycles. The Morgan fingerprint density at radius 2 is 2.26 bits per heavy atom. The number of methoxy groups -OCH3 is 1. The first-order chi connectivity index (χ1) is 10.9. The number of hydrogen-bond donors (Lipinski definition) is 1. The van der Waals surface area contributed by atoms with Gasteiger partial charge < -0.3 is 15.0 Å². The molecular formula is C15H23N3O4S. The minimum Gasteiger partial charge on any atom is -0.481 e. The number of nitrogens with zero attached hydrogens (tertiary/aromatic N) is 2. The first-order valence-corrected chi connectivity index (χ1v) is 9.46. The minimum absolute atomic E-state index is 0.0589. The fourth-order valence-corrected chi connectivity index (χ4v) is 4.49. The second kappa shape index (κ2) is 7.16. The van der Waals surface area contributed by atoms with Crippen LogP contribution in [-0.4, -0.2) is 61.5 Å². The van der Waals surface area contributed by atoms with Crippen molar-refractivity contribution in [3.63, 3.8) is 0 Å². The van der Waals surface area contributed by atoms with Crippen LogP contribution in [0.5, 0.6) is 5.88 Å². The summed E-state index contributed by atoms with van der Waals surface area (Å²) in [5, 5.41) is 3.09. The van der Waals surface area contributed by atoms with Crippen molar-refractivity contribution in [3.8, 4) is 5.88 Å². The molecule has 2 atom stereocenters. The summed E-state index contributed by atoms with van der Waals surface area (Å²) < 4.78 is 28.3. The highest BCUT2D eigenvalue weighted by Gasteiger charge is 2.35. The van der Waals surface area contributed by atoms with Crippen LogP contribution >= 0.6 is 0 Å². The van der Waals surface area contributed by atoms with Crippen LogP contribution in [0, 0.1) is 0 Å². The number of carbonyl (C=O) groups excluding carboxylic acids is 1. The monoisotopic (exact) mass is 341 g/mol. The highest BCUT2D eigenvalue weighted by molar-refractivity contribution is 7.91. The lowest BCUT2D eigenvalue weighted by atomic mass is 10.2. The molecule has 23 heavy (non-hydrogen) atoms. The Morgan fingerprint density at radius 3 is 2.74 bits per heavy atom. The molecule has 1 fully saturated rings. The molecule has 0 saturated carbocycles. The molecule has 0 aromatic carbocycles. The third kappa shape index (κ3) is 4.34. The molecular weight excluding hydrogens is 318 g/mol. The van der Waals surface area contributed by atoms with Gasteiger partial charge in [-0.2, -0.15) is 0 Å². The van der Waals surface area contributed by atoms with Crippen LogP contribution in [0.2, 0.25) is 0 Å². The van der Waals surface area contributed by atoms with E-state index in [-0.39, 0.29) is 23.5 Å². The number of likely N-dealkylation sites (N-methyl/N-ethyl adjacent to an activating group) is 1. The molecule has 0 radical (unpaired) electrons. The third-order valence-electron chi connectivity index (χ3n) is 3.97. The number of amides is 1. The Labute approximate surface area is 137 Å². The maximum Gasteiger partial charge on any atom is 0.245 e. The molecule has 7 nitrogen and oxygen atoms in total. The largest absolute Gasteiger partial charge is 0.481 e. The molecule has 128 valence electrons. The van der Waals surface area contributed by atoms with Gasteiger partial charge in [-0.3, -0.25) is 4.79 Å². The van der Waals surface area contributed by atoms with Crippen molar-refractivity contribution in [3.05, 3.63) is 18.3 Å². The predicted molar refractivity (Wildman–Crippen MR) is 88.3 cm³/mol. The molecule has 1 aliphatic rings. The van der Waals surface area contributed by atoms with Crippen molar-refractivity contribution in [2.45, 2.75) is 32.4 Å². The quantitative estimate of drug-likeness (QED) is 0.828. The number of nitrogens with one attached hydrogen (secondary N) is 1. The number of anilines is 1. The molecule has 2 heterocycles. The second-order valence-electron chi connectivity index (χ2n) is 5.64. The van der Waals surface area contributed by atoms with E-state index in [0.717, 1.165) is 0 Å². The van der Waals surface area contributed by atoms with Gasteiger partial charge in [-0.25, -0.2) is 13.4 Å². The zero-order valence-corrected chi connectivity index (χ0v) is 14.5. The molecule has 1 aromatic heterocycles. The predicted octanol–water partition coefficient (Wildman–Crippen LogP) is 0.926. The van der Waals surface area contributed by atoms with Gasteiger partial charge in [0.25, 0.3) is 0 Å². The summed E-state index contributed by atoms with van der Waals surface area (Å²) in [5.74, 6) is 0.612. The molecule has 1 aliphatic heterocycles. The maximum atomic E-state index is 12.6. The van der Waals surface area contributed by atoms with E-state index < -0.39 is 15.9 Å². The van der Waals surface area contributed by atoms with Gasteiger partial charge in [-0.05, 0) is 26.3 Å². The van der Waals surface area contributed by atoms with Gasteiger partial charge >= 0.3 is 0 Å². The third-order valence-corrected chi connectivity index (χ3v) is 5.72. The van der Waals surface area contributed by atoms with Crippen molar-refractivity contribution in [2.75, 3.05) is 30.5 Å². The topological polar surface area (TPSA) is 88.6 Å². The van der Waals surface area contributed by atoms with E-state index in [1.807, 2.05) is 6.92 Å². The first kappa shape index (κ1) is 17.5. The second-order valence-corrected chi connectivity index (χ2v) is 7.87. The van der Waals surface area contributed by atoms with Crippen molar-refractivity contribution in [1.29, 1.82) is 0 Å². The smallest absolute Gasteiger partial charge is 0.245 e. The summed E-state index contributed by atoms with van der Waals surface area (Å²) in [4.78, 5) is 18.4. The molecule has 1 amide bonds. The fraction of sp³-hybridized carbons (Fsp3) is 0.600. The Kier molecular flexibility index (Phi) is 5.46. The summed E-state index contributed by atoms with van der Waals surface area (Å²) in [6.45, 7) is 4.12. The number of carbonyl (C=O) groups is 1. The fourth-order valence-electron chi connectivity index (χ4n) is 2.76. The van der Waals surface area contributed by atoms with Crippen molar-refractivity contribution in [1.82, 2.24) is 9.88 Å². The molecule has 0 unspecified atom stereocenters. The van der Waals surface area contributed by atoms with Gasteiger partial charge in [0.1, 0.15) is 6.04 Å². The van der Waals surface area contributed by atoms with Crippen molar-refractivity contribution < 1.29 is 17.9 Å². The summed E-state index contributed by atoms with van der Waals surface area (Å²) in [5.41, 5.74) is 0.710. The van der Waals surface area contributed by atoms with E-state index in [0.29, 0.717) is 24.5 Å². The van der Waals surface area contributed by atoms with Crippen LogP contribution in [0.15, 0.2) is 18.3 Å². The van der Waals surface area contributed by atoms with Gasteiger partial charge in [0.2, 0.25) is 11.8 Å². The van der Waals surface area contributed by atoms with Crippen LogP contribution in [0.1, 0.15) is 20.3 Å². The van der Waals surface area contributed by atoms with E-state index in [1.165, 1.54) is 7.11 Å². The Balaban J connectivity index is 2.01. The molecule has 1 N–H and O–H groups in total.